The first-order chi connectivity index (χ1) is 22.5. The van der Waals surface area contributed by atoms with Gasteiger partial charge < -0.3 is 14.8 Å². The topological polar surface area (TPSA) is 102 Å². The summed E-state index contributed by atoms with van der Waals surface area (Å²) >= 11 is 0. The second-order valence-corrected chi connectivity index (χ2v) is 11.9. The number of ether oxygens (including phenoxy) is 2. The molecule has 10 heteroatoms. The normalized spacial score (nSPS) is 15.3. The van der Waals surface area contributed by atoms with E-state index in [4.69, 9.17) is 9.47 Å². The zero-order valence-electron chi connectivity index (χ0n) is 25.1. The quantitative estimate of drug-likeness (QED) is 0.171. The SMILES string of the molecule is O=C(Nc1ccc(OC2CCCC2)c(-c2cccc(-c3nn[nH]n3)c2)c1)c1ccc(OC2CCCC2)c(-c2ccc(F)c(F)c2)c1. The van der Waals surface area contributed by atoms with Crippen molar-refractivity contribution in [2.75, 3.05) is 5.32 Å². The van der Waals surface area contributed by atoms with Crippen molar-refractivity contribution in [3.05, 3.63) is 96.1 Å². The van der Waals surface area contributed by atoms with E-state index in [1.807, 2.05) is 42.5 Å². The number of H-pyrrole nitrogens is 1. The summed E-state index contributed by atoms with van der Waals surface area (Å²) in [5.74, 6) is -0.519. The van der Waals surface area contributed by atoms with Crippen molar-refractivity contribution in [2.24, 2.45) is 0 Å². The summed E-state index contributed by atoms with van der Waals surface area (Å²) in [6.45, 7) is 0. The van der Waals surface area contributed by atoms with Crippen molar-refractivity contribution in [1.82, 2.24) is 20.6 Å². The van der Waals surface area contributed by atoms with E-state index in [1.165, 1.54) is 6.07 Å². The van der Waals surface area contributed by atoms with Gasteiger partial charge in [0.25, 0.3) is 5.91 Å². The van der Waals surface area contributed by atoms with Gasteiger partial charge in [-0.3, -0.25) is 4.79 Å². The molecule has 2 N–H and O–H groups in total. The van der Waals surface area contributed by atoms with Crippen LogP contribution < -0.4 is 14.8 Å². The van der Waals surface area contributed by atoms with Crippen LogP contribution in [0.4, 0.5) is 14.5 Å². The molecule has 2 fully saturated rings. The van der Waals surface area contributed by atoms with E-state index in [2.05, 4.69) is 25.9 Å². The maximum atomic E-state index is 14.3. The molecule has 8 nitrogen and oxygen atoms in total. The Labute approximate surface area is 265 Å². The molecular weight excluding hydrogens is 588 g/mol. The van der Waals surface area contributed by atoms with Crippen LogP contribution in [0.2, 0.25) is 0 Å². The molecule has 0 spiro atoms. The summed E-state index contributed by atoms with van der Waals surface area (Å²) in [5, 5.41) is 17.4. The fraction of sp³-hybridized carbons (Fsp3) is 0.278. The number of aromatic amines is 1. The van der Waals surface area contributed by atoms with Crippen LogP contribution in [-0.2, 0) is 0 Å². The van der Waals surface area contributed by atoms with Gasteiger partial charge in [0.15, 0.2) is 11.6 Å². The van der Waals surface area contributed by atoms with Gasteiger partial charge in [-0.15, -0.1) is 10.2 Å². The van der Waals surface area contributed by atoms with E-state index in [0.717, 1.165) is 85.9 Å². The van der Waals surface area contributed by atoms with E-state index in [1.54, 1.807) is 18.2 Å². The summed E-state index contributed by atoms with van der Waals surface area (Å²) in [7, 11) is 0. The van der Waals surface area contributed by atoms with Crippen molar-refractivity contribution in [3.8, 4) is 45.1 Å². The number of amides is 1. The highest BCUT2D eigenvalue weighted by Crippen LogP contribution is 2.38. The van der Waals surface area contributed by atoms with Crippen LogP contribution in [-0.4, -0.2) is 38.7 Å². The van der Waals surface area contributed by atoms with Gasteiger partial charge in [0.1, 0.15) is 11.5 Å². The van der Waals surface area contributed by atoms with Gasteiger partial charge >= 0.3 is 0 Å². The Bertz CT molecular complexity index is 1850. The van der Waals surface area contributed by atoms with Gasteiger partial charge in [-0.05, 0) is 122 Å². The lowest BCUT2D eigenvalue weighted by Gasteiger charge is -2.19. The predicted molar refractivity (Wildman–Crippen MR) is 171 cm³/mol. The summed E-state index contributed by atoms with van der Waals surface area (Å²) < 4.78 is 40.8. The van der Waals surface area contributed by atoms with E-state index in [-0.39, 0.29) is 18.1 Å². The molecule has 1 aromatic heterocycles. The fourth-order valence-corrected chi connectivity index (χ4v) is 6.28. The molecule has 46 heavy (non-hydrogen) atoms. The molecule has 2 aliphatic rings. The number of nitrogens with zero attached hydrogens (tertiary/aromatic N) is 3. The number of hydrogen-bond acceptors (Lipinski definition) is 6. The van der Waals surface area contributed by atoms with Crippen LogP contribution in [0, 0.1) is 11.6 Å². The first-order valence-electron chi connectivity index (χ1n) is 15.7. The molecular formula is C36H33F2N5O3. The zero-order chi connectivity index (χ0) is 31.5. The zero-order valence-corrected chi connectivity index (χ0v) is 25.1. The van der Waals surface area contributed by atoms with Crippen LogP contribution in [0.1, 0.15) is 61.7 Å². The van der Waals surface area contributed by atoms with Gasteiger partial charge in [-0.1, -0.05) is 24.3 Å². The van der Waals surface area contributed by atoms with Gasteiger partial charge in [0, 0.05) is 27.9 Å². The van der Waals surface area contributed by atoms with E-state index in [0.29, 0.717) is 34.0 Å². The van der Waals surface area contributed by atoms with Crippen LogP contribution in [0.15, 0.2) is 78.9 Å². The number of carbonyl (C=O) groups is 1. The Hall–Kier alpha value is -5.12. The van der Waals surface area contributed by atoms with Crippen molar-refractivity contribution >= 4 is 11.6 Å². The summed E-state index contributed by atoms with van der Waals surface area (Å²) in [4.78, 5) is 13.7. The molecule has 234 valence electrons. The van der Waals surface area contributed by atoms with E-state index in [9.17, 15) is 13.6 Å². The van der Waals surface area contributed by atoms with Crippen molar-refractivity contribution in [1.29, 1.82) is 0 Å². The van der Waals surface area contributed by atoms with Crippen LogP contribution >= 0.6 is 0 Å². The lowest BCUT2D eigenvalue weighted by molar-refractivity contribution is 0.102. The number of nitrogens with one attached hydrogen (secondary N) is 2. The monoisotopic (exact) mass is 621 g/mol. The minimum atomic E-state index is -0.963. The molecule has 0 saturated heterocycles. The third-order valence-corrected chi connectivity index (χ3v) is 8.68. The number of hydrogen-bond donors (Lipinski definition) is 2. The molecule has 4 aromatic carbocycles. The minimum Gasteiger partial charge on any atom is -0.490 e. The summed E-state index contributed by atoms with van der Waals surface area (Å²) in [5.41, 5.74) is 4.36. The minimum absolute atomic E-state index is 0.0469. The molecule has 2 aliphatic carbocycles. The van der Waals surface area contributed by atoms with Crippen LogP contribution in [0.5, 0.6) is 11.5 Å². The molecule has 0 radical (unpaired) electrons. The van der Waals surface area contributed by atoms with Crippen molar-refractivity contribution in [3.63, 3.8) is 0 Å². The van der Waals surface area contributed by atoms with Gasteiger partial charge in [-0.2, -0.15) is 5.21 Å². The van der Waals surface area contributed by atoms with Crippen LogP contribution in [0.3, 0.4) is 0 Å². The van der Waals surface area contributed by atoms with E-state index < -0.39 is 11.6 Å². The number of aromatic nitrogens is 4. The number of carbonyl (C=O) groups excluding carboxylic acids is 1. The number of anilines is 1. The van der Waals surface area contributed by atoms with Gasteiger partial charge in [-0.25, -0.2) is 8.78 Å². The lowest BCUT2D eigenvalue weighted by atomic mass is 10.00. The standard InChI is InChI=1S/C36H33F2N5O3/c37-31-15-12-23(20-32(31)38)29-19-25(13-16-33(29)45-27-8-1-2-9-27)36(44)39-26-14-17-34(46-28-10-3-4-11-28)30(21-26)22-6-5-7-24(18-22)35-40-42-43-41-35/h5-7,12-21,27-28H,1-4,8-11H2,(H,39,44)(H,40,41,42,43). The van der Waals surface area contributed by atoms with Crippen molar-refractivity contribution in [2.45, 2.75) is 63.6 Å². The maximum Gasteiger partial charge on any atom is 0.255 e. The van der Waals surface area contributed by atoms with Crippen molar-refractivity contribution < 1.29 is 23.0 Å². The molecule has 0 unspecified atom stereocenters. The Morgan fingerprint density at radius 1 is 0.717 bits per heavy atom. The highest BCUT2D eigenvalue weighted by Gasteiger charge is 2.22. The van der Waals surface area contributed by atoms with E-state index >= 15 is 0 Å². The average molecular weight is 622 g/mol. The third-order valence-electron chi connectivity index (χ3n) is 8.68. The second-order valence-electron chi connectivity index (χ2n) is 11.9. The molecule has 1 amide bonds. The van der Waals surface area contributed by atoms with Crippen LogP contribution in [0.25, 0.3) is 33.6 Å². The first kappa shape index (κ1) is 29.6. The Kier molecular flexibility index (Phi) is 8.41. The smallest absolute Gasteiger partial charge is 0.255 e. The summed E-state index contributed by atoms with van der Waals surface area (Å²) in [6.07, 6.45) is 8.49. The molecule has 0 atom stereocenters. The highest BCUT2D eigenvalue weighted by molar-refractivity contribution is 6.05. The molecule has 0 aliphatic heterocycles. The number of halogens is 2. The van der Waals surface area contributed by atoms with Gasteiger partial charge in [0.2, 0.25) is 5.82 Å². The Morgan fingerprint density at radius 2 is 1.37 bits per heavy atom. The Morgan fingerprint density at radius 3 is 2.04 bits per heavy atom. The molecule has 5 aromatic rings. The number of benzene rings is 4. The van der Waals surface area contributed by atoms with Gasteiger partial charge in [0.05, 0.1) is 12.2 Å². The lowest BCUT2D eigenvalue weighted by Crippen LogP contribution is -2.15. The third kappa shape index (κ3) is 6.47. The first-order valence-corrected chi connectivity index (χ1v) is 15.7. The molecule has 7 rings (SSSR count). The molecule has 0 bridgehead atoms. The predicted octanol–water partition coefficient (Wildman–Crippen LogP) is 8.37. The summed E-state index contributed by atoms with van der Waals surface area (Å²) in [6, 6.07) is 22.2. The molecule has 2 saturated carbocycles. The number of tetrazole rings is 1. The average Bonchev–Trinajstić information content (AvgIpc) is 3.89. The largest absolute Gasteiger partial charge is 0.490 e. The highest BCUT2D eigenvalue weighted by atomic mass is 19.2. The number of rotatable bonds is 9. The maximum absolute atomic E-state index is 14.3. The second kappa shape index (κ2) is 13.1. The molecule has 1 heterocycles. The Balaban J connectivity index is 1.20. The fourth-order valence-electron chi connectivity index (χ4n) is 6.28.